The van der Waals surface area contributed by atoms with E-state index in [9.17, 15) is 9.59 Å². The van der Waals surface area contributed by atoms with Crippen molar-refractivity contribution in [2.24, 2.45) is 0 Å². The summed E-state index contributed by atoms with van der Waals surface area (Å²) in [6, 6.07) is 7.45. The van der Waals surface area contributed by atoms with Crippen LogP contribution in [0.15, 0.2) is 41.5 Å². The van der Waals surface area contributed by atoms with Crippen LogP contribution in [0.4, 0.5) is 5.69 Å². The first kappa shape index (κ1) is 14.6. The van der Waals surface area contributed by atoms with Gasteiger partial charge in [0, 0.05) is 39.6 Å². The molecule has 0 bridgehead atoms. The second-order valence-electron chi connectivity index (χ2n) is 5.57. The number of anilines is 1. The number of aromatic amines is 1. The minimum atomic E-state index is -0.458. The summed E-state index contributed by atoms with van der Waals surface area (Å²) in [6.45, 7) is 3.78. The molecule has 0 aliphatic rings. The number of nitrogens with one attached hydrogen (secondary N) is 2. The van der Waals surface area contributed by atoms with Crippen molar-refractivity contribution in [3.05, 3.63) is 63.1 Å². The first-order valence-corrected chi connectivity index (χ1v) is 8.22. The number of carbonyl (C=O) groups is 1. The maximum Gasteiger partial charge on any atom is 0.271 e. The van der Waals surface area contributed by atoms with Crippen LogP contribution in [0.3, 0.4) is 0 Å². The molecule has 120 valence electrons. The van der Waals surface area contributed by atoms with Gasteiger partial charge in [0.1, 0.15) is 5.56 Å². The van der Waals surface area contributed by atoms with E-state index in [0.717, 1.165) is 21.5 Å². The summed E-state index contributed by atoms with van der Waals surface area (Å²) < 4.78 is 1.49. The van der Waals surface area contributed by atoms with Crippen molar-refractivity contribution >= 4 is 38.8 Å². The second-order valence-corrected chi connectivity index (χ2v) is 6.75. The minimum Gasteiger partial charge on any atom is -0.361 e. The van der Waals surface area contributed by atoms with E-state index < -0.39 is 5.91 Å². The number of benzene rings is 1. The van der Waals surface area contributed by atoms with Gasteiger partial charge >= 0.3 is 0 Å². The SMILES string of the molecule is Cc1sc2ncc(C(=O)Nc3ccc4[nH]ccc4c3)c(=O)n2c1C. The molecule has 24 heavy (non-hydrogen) atoms. The average Bonchev–Trinajstić information content (AvgIpc) is 3.12. The summed E-state index contributed by atoms with van der Waals surface area (Å²) in [4.78, 5) is 34.1. The molecule has 0 aliphatic heterocycles. The summed E-state index contributed by atoms with van der Waals surface area (Å²) in [5, 5.41) is 3.76. The van der Waals surface area contributed by atoms with Gasteiger partial charge in [-0.3, -0.25) is 14.0 Å². The predicted octanol–water partition coefficient (Wildman–Crippen LogP) is 3.11. The quantitative estimate of drug-likeness (QED) is 0.589. The number of H-pyrrole nitrogens is 1. The van der Waals surface area contributed by atoms with Crippen molar-refractivity contribution in [3.63, 3.8) is 0 Å². The van der Waals surface area contributed by atoms with Crippen LogP contribution in [0.2, 0.25) is 0 Å². The maximum absolute atomic E-state index is 12.6. The lowest BCUT2D eigenvalue weighted by Gasteiger charge is -2.05. The second kappa shape index (κ2) is 5.31. The van der Waals surface area contributed by atoms with Gasteiger partial charge in [0.2, 0.25) is 0 Å². The van der Waals surface area contributed by atoms with Crippen LogP contribution >= 0.6 is 11.3 Å². The molecular weight excluding hydrogens is 324 g/mol. The summed E-state index contributed by atoms with van der Waals surface area (Å²) in [7, 11) is 0. The Morgan fingerprint density at radius 2 is 2.12 bits per heavy atom. The van der Waals surface area contributed by atoms with E-state index in [1.807, 2.05) is 38.2 Å². The van der Waals surface area contributed by atoms with Crippen LogP contribution in [0.25, 0.3) is 15.9 Å². The molecule has 4 aromatic rings. The van der Waals surface area contributed by atoms with Gasteiger partial charge in [-0.25, -0.2) is 4.98 Å². The number of thiazole rings is 1. The Hall–Kier alpha value is -2.93. The molecular formula is C17H14N4O2S. The van der Waals surface area contributed by atoms with Crippen LogP contribution in [0.5, 0.6) is 0 Å². The molecule has 0 atom stereocenters. The summed E-state index contributed by atoms with van der Waals surface area (Å²) in [6.07, 6.45) is 3.18. The van der Waals surface area contributed by atoms with Gasteiger partial charge in [-0.2, -0.15) is 0 Å². The highest BCUT2D eigenvalue weighted by molar-refractivity contribution is 7.17. The zero-order valence-electron chi connectivity index (χ0n) is 13.1. The number of fused-ring (bicyclic) bond motifs is 2. The lowest BCUT2D eigenvalue weighted by molar-refractivity contribution is 0.102. The van der Waals surface area contributed by atoms with Gasteiger partial charge < -0.3 is 10.3 Å². The van der Waals surface area contributed by atoms with E-state index in [-0.39, 0.29) is 11.1 Å². The van der Waals surface area contributed by atoms with Crippen molar-refractivity contribution in [2.75, 3.05) is 5.32 Å². The minimum absolute atomic E-state index is 0.0302. The highest BCUT2D eigenvalue weighted by Crippen LogP contribution is 2.20. The lowest BCUT2D eigenvalue weighted by Crippen LogP contribution is -2.26. The van der Waals surface area contributed by atoms with E-state index in [4.69, 9.17) is 0 Å². The van der Waals surface area contributed by atoms with Crippen molar-refractivity contribution in [2.45, 2.75) is 13.8 Å². The number of carbonyl (C=O) groups excluding carboxylic acids is 1. The third-order valence-corrected chi connectivity index (χ3v) is 5.15. The van der Waals surface area contributed by atoms with Gasteiger partial charge in [0.25, 0.3) is 11.5 Å². The Morgan fingerprint density at radius 1 is 1.29 bits per heavy atom. The van der Waals surface area contributed by atoms with Crippen LogP contribution in [0, 0.1) is 13.8 Å². The monoisotopic (exact) mass is 338 g/mol. The van der Waals surface area contributed by atoms with E-state index in [1.54, 1.807) is 6.07 Å². The number of rotatable bonds is 2. The fraction of sp³-hybridized carbons (Fsp3) is 0.118. The summed E-state index contributed by atoms with van der Waals surface area (Å²) in [5.41, 5.74) is 2.12. The lowest BCUT2D eigenvalue weighted by atomic mass is 10.2. The van der Waals surface area contributed by atoms with E-state index in [1.165, 1.54) is 21.9 Å². The molecule has 3 aromatic heterocycles. The van der Waals surface area contributed by atoms with Crippen LogP contribution in [-0.2, 0) is 0 Å². The molecule has 2 N–H and O–H groups in total. The molecule has 4 rings (SSSR count). The third kappa shape index (κ3) is 2.21. The number of aromatic nitrogens is 3. The number of hydrogen-bond acceptors (Lipinski definition) is 4. The highest BCUT2D eigenvalue weighted by atomic mass is 32.1. The standard InChI is InChI=1S/C17H14N4O2S/c1-9-10(2)24-17-19-8-13(16(23)21(9)17)15(22)20-12-3-4-14-11(7-12)5-6-18-14/h3-8,18H,1-2H3,(H,20,22). The third-order valence-electron chi connectivity index (χ3n) is 4.07. The van der Waals surface area contributed by atoms with Crippen LogP contribution in [-0.4, -0.2) is 20.3 Å². The Kier molecular flexibility index (Phi) is 3.24. The molecule has 1 aromatic carbocycles. The van der Waals surface area contributed by atoms with Crippen molar-refractivity contribution in [1.82, 2.24) is 14.4 Å². The van der Waals surface area contributed by atoms with Crippen LogP contribution in [0.1, 0.15) is 20.9 Å². The molecule has 0 unspecified atom stereocenters. The van der Waals surface area contributed by atoms with Gasteiger partial charge in [0.05, 0.1) is 0 Å². The van der Waals surface area contributed by atoms with E-state index >= 15 is 0 Å². The largest absolute Gasteiger partial charge is 0.361 e. The zero-order valence-corrected chi connectivity index (χ0v) is 13.9. The molecule has 7 heteroatoms. The maximum atomic E-state index is 12.6. The fourth-order valence-electron chi connectivity index (χ4n) is 2.66. The van der Waals surface area contributed by atoms with Gasteiger partial charge in [-0.15, -0.1) is 11.3 Å². The summed E-state index contributed by atoms with van der Waals surface area (Å²) >= 11 is 1.44. The molecule has 0 radical (unpaired) electrons. The molecule has 0 spiro atoms. The summed E-state index contributed by atoms with van der Waals surface area (Å²) in [5.74, 6) is -0.458. The van der Waals surface area contributed by atoms with Crippen molar-refractivity contribution < 1.29 is 4.79 Å². The van der Waals surface area contributed by atoms with Crippen molar-refractivity contribution in [3.8, 4) is 0 Å². The van der Waals surface area contributed by atoms with E-state index in [2.05, 4.69) is 15.3 Å². The first-order chi connectivity index (χ1) is 11.5. The van der Waals surface area contributed by atoms with Crippen LogP contribution < -0.4 is 10.9 Å². The van der Waals surface area contributed by atoms with E-state index in [0.29, 0.717) is 10.6 Å². The highest BCUT2D eigenvalue weighted by Gasteiger charge is 2.16. The molecule has 6 nitrogen and oxygen atoms in total. The molecule has 0 fully saturated rings. The number of hydrogen-bond donors (Lipinski definition) is 2. The average molecular weight is 338 g/mol. The first-order valence-electron chi connectivity index (χ1n) is 7.41. The predicted molar refractivity (Wildman–Crippen MR) is 95.1 cm³/mol. The smallest absolute Gasteiger partial charge is 0.271 e. The molecule has 3 heterocycles. The van der Waals surface area contributed by atoms with Gasteiger partial charge in [0.15, 0.2) is 4.96 Å². The fourth-order valence-corrected chi connectivity index (χ4v) is 3.59. The Bertz CT molecular complexity index is 1150. The number of amides is 1. The normalized spacial score (nSPS) is 11.2. The number of aryl methyl sites for hydroxylation is 2. The zero-order chi connectivity index (χ0) is 16.8. The Labute approximate surface area is 140 Å². The Morgan fingerprint density at radius 3 is 2.96 bits per heavy atom. The molecule has 1 amide bonds. The Balaban J connectivity index is 1.73. The molecule has 0 saturated carbocycles. The van der Waals surface area contributed by atoms with Crippen molar-refractivity contribution in [1.29, 1.82) is 0 Å². The van der Waals surface area contributed by atoms with Gasteiger partial charge in [-0.1, -0.05) is 0 Å². The van der Waals surface area contributed by atoms with Gasteiger partial charge in [-0.05, 0) is 38.1 Å². The number of nitrogens with zero attached hydrogens (tertiary/aromatic N) is 2. The molecule has 0 aliphatic carbocycles. The topological polar surface area (TPSA) is 79.3 Å². The molecule has 0 saturated heterocycles.